The second-order valence-electron chi connectivity index (χ2n) is 1.54. The molecule has 8 heteroatoms. The van der Waals surface area contributed by atoms with Crippen LogP contribution in [0, 0.1) is 0 Å². The SMILES string of the molecule is N[C@@H](CC(=O)O)C(=O)O.O.[MgH2].[MgH2]. The summed E-state index contributed by atoms with van der Waals surface area (Å²) in [4.78, 5) is 19.6. The Morgan fingerprint density at radius 2 is 1.58 bits per heavy atom. The molecule has 1 atom stereocenters. The molecule has 0 aliphatic heterocycles. The van der Waals surface area contributed by atoms with Crippen molar-refractivity contribution in [1.29, 1.82) is 0 Å². The minimum Gasteiger partial charge on any atom is -0.481 e. The number of carboxylic acids is 2. The highest BCUT2D eigenvalue weighted by molar-refractivity contribution is 5.80. The Morgan fingerprint density at radius 3 is 1.67 bits per heavy atom. The number of carboxylic acid groups (broad SMARTS) is 2. The van der Waals surface area contributed by atoms with Gasteiger partial charge in [-0.25, -0.2) is 0 Å². The standard InChI is InChI=1S/C4H7NO4.2Mg.H2O.4H/c5-2(4(8)9)1-3(6)7;;;;;;;/h2H,1,5H2,(H,6,7)(H,8,9);;;1H2;;;;/t2-;;;;;;;/m0......./s1. The third-order valence-corrected chi connectivity index (χ3v) is 0.712. The number of hydrogen-bond donors (Lipinski definition) is 3. The molecule has 68 valence electrons. The summed E-state index contributed by atoms with van der Waals surface area (Å²) in [6.45, 7) is 0. The zero-order valence-electron chi connectivity index (χ0n) is 5.07. The smallest absolute Gasteiger partial charge is 0.321 e. The molecular weight excluding hydrogens is 191 g/mol. The summed E-state index contributed by atoms with van der Waals surface area (Å²) in [6, 6.07) is -1.29. The van der Waals surface area contributed by atoms with Crippen LogP contribution < -0.4 is 5.73 Å². The highest BCUT2D eigenvalue weighted by Crippen LogP contribution is 1.86. The molecule has 6 N–H and O–H groups in total. The normalized spacial score (nSPS) is 9.42. The van der Waals surface area contributed by atoms with Crippen molar-refractivity contribution in [3.8, 4) is 0 Å². The van der Waals surface area contributed by atoms with Gasteiger partial charge < -0.3 is 21.4 Å². The van der Waals surface area contributed by atoms with Crippen LogP contribution in [-0.2, 0) is 9.59 Å². The van der Waals surface area contributed by atoms with Crippen molar-refractivity contribution in [3.05, 3.63) is 0 Å². The molecule has 0 saturated carbocycles. The topological polar surface area (TPSA) is 132 Å². The first-order chi connectivity index (χ1) is 4.04. The maximum Gasteiger partial charge on any atom is 0.321 e. The van der Waals surface area contributed by atoms with Crippen LogP contribution in [0.4, 0.5) is 0 Å². The summed E-state index contributed by atoms with van der Waals surface area (Å²) in [5.41, 5.74) is 4.84. The van der Waals surface area contributed by atoms with Crippen molar-refractivity contribution in [2.45, 2.75) is 12.5 Å². The van der Waals surface area contributed by atoms with Crippen molar-refractivity contribution in [2.24, 2.45) is 5.73 Å². The molecule has 0 amide bonds. The Labute approximate surface area is 101 Å². The van der Waals surface area contributed by atoms with E-state index in [2.05, 4.69) is 0 Å². The van der Waals surface area contributed by atoms with Gasteiger partial charge in [0.15, 0.2) is 0 Å². The number of carbonyl (C=O) groups is 2. The average Bonchev–Trinajstić information content (AvgIpc) is 1.63. The lowest BCUT2D eigenvalue weighted by Gasteiger charge is -1.99. The fourth-order valence-electron chi connectivity index (χ4n) is 0.275. The summed E-state index contributed by atoms with van der Waals surface area (Å²) < 4.78 is 0. The lowest BCUT2D eigenvalue weighted by atomic mass is 10.2. The molecule has 0 heterocycles. The van der Waals surface area contributed by atoms with E-state index in [1.807, 2.05) is 0 Å². The van der Waals surface area contributed by atoms with Gasteiger partial charge in [0, 0.05) is 0 Å². The van der Waals surface area contributed by atoms with E-state index in [-0.39, 0.29) is 51.6 Å². The summed E-state index contributed by atoms with van der Waals surface area (Å²) in [5, 5.41) is 16.0. The minimum atomic E-state index is -1.29. The largest absolute Gasteiger partial charge is 0.481 e. The van der Waals surface area contributed by atoms with E-state index >= 15 is 0 Å². The first-order valence-corrected chi connectivity index (χ1v) is 2.24. The van der Waals surface area contributed by atoms with Crippen LogP contribution in [-0.4, -0.2) is 79.8 Å². The molecule has 0 saturated heterocycles. The molecule has 12 heavy (non-hydrogen) atoms. The third kappa shape index (κ3) is 13.0. The summed E-state index contributed by atoms with van der Waals surface area (Å²) in [5.74, 6) is -2.50. The number of nitrogens with two attached hydrogens (primary N) is 1. The Morgan fingerprint density at radius 1 is 1.25 bits per heavy atom. The van der Waals surface area contributed by atoms with Gasteiger partial charge in [0.1, 0.15) is 6.04 Å². The first kappa shape index (κ1) is 22.8. The monoisotopic (exact) mass is 203 g/mol. The highest BCUT2D eigenvalue weighted by Gasteiger charge is 2.14. The fourth-order valence-corrected chi connectivity index (χ4v) is 0.275. The lowest BCUT2D eigenvalue weighted by molar-refractivity contribution is -0.144. The molecule has 0 fully saturated rings. The lowest BCUT2D eigenvalue weighted by Crippen LogP contribution is -2.32. The Kier molecular flexibility index (Phi) is 21.7. The molecule has 0 unspecified atom stereocenters. The Hall–Kier alpha value is 0.392. The van der Waals surface area contributed by atoms with E-state index in [1.54, 1.807) is 0 Å². The predicted octanol–water partition coefficient (Wildman–Crippen LogP) is -3.78. The van der Waals surface area contributed by atoms with Gasteiger partial charge in [0.2, 0.25) is 0 Å². The van der Waals surface area contributed by atoms with E-state index in [0.29, 0.717) is 0 Å². The van der Waals surface area contributed by atoms with Crippen molar-refractivity contribution >= 4 is 58.0 Å². The van der Waals surface area contributed by atoms with Gasteiger partial charge in [-0.15, -0.1) is 0 Å². The first-order valence-electron chi connectivity index (χ1n) is 2.24. The van der Waals surface area contributed by atoms with Crippen LogP contribution >= 0.6 is 0 Å². The Balaban J connectivity index is -0.000000107. The summed E-state index contributed by atoms with van der Waals surface area (Å²) in [7, 11) is 0. The van der Waals surface area contributed by atoms with E-state index in [1.165, 1.54) is 0 Å². The van der Waals surface area contributed by atoms with E-state index < -0.39 is 24.4 Å². The summed E-state index contributed by atoms with van der Waals surface area (Å²) in [6.07, 6.45) is -0.532. The van der Waals surface area contributed by atoms with Crippen LogP contribution in [0.5, 0.6) is 0 Å². The van der Waals surface area contributed by atoms with Crippen LogP contribution in [0.3, 0.4) is 0 Å². The second-order valence-corrected chi connectivity index (χ2v) is 1.54. The van der Waals surface area contributed by atoms with E-state index in [4.69, 9.17) is 15.9 Å². The molecule has 0 spiro atoms. The molecule has 0 aliphatic carbocycles. The quantitative estimate of drug-likeness (QED) is 0.405. The molecule has 0 radical (unpaired) electrons. The maximum atomic E-state index is 9.85. The van der Waals surface area contributed by atoms with Crippen LogP contribution in [0.2, 0.25) is 0 Å². The third-order valence-electron chi connectivity index (χ3n) is 0.712. The average molecular weight is 204 g/mol. The molecule has 0 aromatic heterocycles. The van der Waals surface area contributed by atoms with Crippen LogP contribution in [0.25, 0.3) is 0 Å². The molecular formula is C4H13Mg2NO5. The molecule has 0 bridgehead atoms. The zero-order valence-corrected chi connectivity index (χ0v) is 5.07. The van der Waals surface area contributed by atoms with E-state index in [9.17, 15) is 9.59 Å². The number of hydrogen-bond acceptors (Lipinski definition) is 3. The number of rotatable bonds is 3. The van der Waals surface area contributed by atoms with Crippen LogP contribution in [0.15, 0.2) is 0 Å². The van der Waals surface area contributed by atoms with Gasteiger partial charge in [-0.1, -0.05) is 0 Å². The van der Waals surface area contributed by atoms with Gasteiger partial charge in [0.25, 0.3) is 0 Å². The van der Waals surface area contributed by atoms with Crippen molar-refractivity contribution < 1.29 is 25.3 Å². The van der Waals surface area contributed by atoms with Crippen molar-refractivity contribution in [3.63, 3.8) is 0 Å². The van der Waals surface area contributed by atoms with Gasteiger partial charge in [-0.2, -0.15) is 0 Å². The van der Waals surface area contributed by atoms with Gasteiger partial charge in [-0.05, 0) is 0 Å². The fraction of sp³-hybridized carbons (Fsp3) is 0.500. The molecule has 0 aromatic carbocycles. The van der Waals surface area contributed by atoms with Gasteiger partial charge >= 0.3 is 58.0 Å². The minimum absolute atomic E-state index is 0. The highest BCUT2D eigenvalue weighted by atomic mass is 24.3. The molecule has 6 nitrogen and oxygen atoms in total. The van der Waals surface area contributed by atoms with Crippen LogP contribution in [0.1, 0.15) is 6.42 Å². The summed E-state index contributed by atoms with van der Waals surface area (Å²) >= 11 is 0. The van der Waals surface area contributed by atoms with Gasteiger partial charge in [-0.3, -0.25) is 9.59 Å². The Bertz CT molecular complexity index is 141. The zero-order chi connectivity index (χ0) is 7.44. The molecule has 0 aromatic rings. The maximum absolute atomic E-state index is 9.85. The molecule has 0 aliphatic rings. The molecule has 0 rings (SSSR count). The van der Waals surface area contributed by atoms with Crippen molar-refractivity contribution in [2.75, 3.05) is 0 Å². The predicted molar refractivity (Wildman–Crippen MR) is 48.6 cm³/mol. The van der Waals surface area contributed by atoms with E-state index in [0.717, 1.165) is 0 Å². The number of aliphatic carboxylic acids is 2. The van der Waals surface area contributed by atoms with Crippen molar-refractivity contribution in [1.82, 2.24) is 0 Å². The van der Waals surface area contributed by atoms with Gasteiger partial charge in [0.05, 0.1) is 6.42 Å². The second kappa shape index (κ2) is 11.4.